The molecular formula is C11H11F3O4. The predicted octanol–water partition coefficient (Wildman–Crippen LogP) is 2.05. The maximum absolute atomic E-state index is 11.8. The van der Waals surface area contributed by atoms with E-state index in [1.807, 2.05) is 0 Å². The fourth-order valence-corrected chi connectivity index (χ4v) is 1.21. The first kappa shape index (κ1) is 14.1. The van der Waals surface area contributed by atoms with Gasteiger partial charge in [0.25, 0.3) is 0 Å². The van der Waals surface area contributed by atoms with E-state index >= 15 is 0 Å². The minimum absolute atomic E-state index is 0.120. The van der Waals surface area contributed by atoms with Crippen LogP contribution in [-0.4, -0.2) is 31.0 Å². The van der Waals surface area contributed by atoms with Crippen molar-refractivity contribution in [1.29, 1.82) is 0 Å². The van der Waals surface area contributed by atoms with Crippen molar-refractivity contribution in [3.05, 3.63) is 23.8 Å². The molecule has 0 aliphatic carbocycles. The standard InChI is InChI=1S/C11H11F3O4/c1-17-9-4-7(2-3-8(9)15)5-10(16)18-6-11(12,13)14/h2-4,15H,5-6H2,1H3. The fraction of sp³-hybridized carbons (Fsp3) is 0.364. The summed E-state index contributed by atoms with van der Waals surface area (Å²) in [7, 11) is 1.32. The number of phenolic OH excluding ortho intramolecular Hbond substituents is 1. The summed E-state index contributed by atoms with van der Waals surface area (Å²) in [4.78, 5) is 11.1. The zero-order valence-corrected chi connectivity index (χ0v) is 9.45. The molecule has 0 saturated heterocycles. The predicted molar refractivity (Wildman–Crippen MR) is 55.4 cm³/mol. The first-order valence-electron chi connectivity index (χ1n) is 4.90. The number of aromatic hydroxyl groups is 1. The third kappa shape index (κ3) is 4.52. The SMILES string of the molecule is COc1cc(CC(=O)OCC(F)(F)F)ccc1O. The van der Waals surface area contributed by atoms with Crippen LogP contribution in [0.3, 0.4) is 0 Å². The van der Waals surface area contributed by atoms with E-state index in [0.717, 1.165) is 0 Å². The number of carbonyl (C=O) groups is 1. The van der Waals surface area contributed by atoms with Crippen molar-refractivity contribution in [2.24, 2.45) is 0 Å². The summed E-state index contributed by atoms with van der Waals surface area (Å²) in [5.74, 6) is -0.985. The van der Waals surface area contributed by atoms with Crippen LogP contribution in [0, 0.1) is 0 Å². The highest BCUT2D eigenvalue weighted by molar-refractivity contribution is 5.73. The number of alkyl halides is 3. The number of rotatable bonds is 4. The molecule has 0 fully saturated rings. The second-order valence-electron chi connectivity index (χ2n) is 3.46. The first-order valence-corrected chi connectivity index (χ1v) is 4.90. The van der Waals surface area contributed by atoms with E-state index in [1.54, 1.807) is 0 Å². The Hall–Kier alpha value is -1.92. The fourth-order valence-electron chi connectivity index (χ4n) is 1.21. The van der Waals surface area contributed by atoms with Crippen molar-refractivity contribution >= 4 is 5.97 Å². The van der Waals surface area contributed by atoms with Gasteiger partial charge < -0.3 is 14.6 Å². The van der Waals surface area contributed by atoms with Crippen LogP contribution < -0.4 is 4.74 Å². The Balaban J connectivity index is 2.59. The average molecular weight is 264 g/mol. The zero-order valence-electron chi connectivity index (χ0n) is 9.45. The van der Waals surface area contributed by atoms with Gasteiger partial charge in [-0.1, -0.05) is 6.07 Å². The Morgan fingerprint density at radius 2 is 2.06 bits per heavy atom. The van der Waals surface area contributed by atoms with Gasteiger partial charge in [0.1, 0.15) is 0 Å². The summed E-state index contributed by atoms with van der Waals surface area (Å²) in [5, 5.41) is 9.29. The quantitative estimate of drug-likeness (QED) is 0.845. The average Bonchev–Trinajstić information content (AvgIpc) is 2.28. The third-order valence-corrected chi connectivity index (χ3v) is 1.99. The van der Waals surface area contributed by atoms with Crippen LogP contribution in [0.4, 0.5) is 13.2 Å². The molecule has 0 aliphatic heterocycles. The molecule has 1 aromatic carbocycles. The zero-order chi connectivity index (χ0) is 13.8. The maximum atomic E-state index is 11.8. The summed E-state index contributed by atoms with van der Waals surface area (Å²) < 4.78 is 44.2. The molecule has 0 atom stereocenters. The minimum atomic E-state index is -4.54. The molecule has 0 radical (unpaired) electrons. The van der Waals surface area contributed by atoms with Crippen molar-refractivity contribution in [3.8, 4) is 11.5 Å². The highest BCUT2D eigenvalue weighted by Gasteiger charge is 2.29. The molecule has 1 rings (SSSR count). The van der Waals surface area contributed by atoms with Crippen molar-refractivity contribution in [2.75, 3.05) is 13.7 Å². The van der Waals surface area contributed by atoms with Crippen LogP contribution >= 0.6 is 0 Å². The number of hydrogen-bond donors (Lipinski definition) is 1. The smallest absolute Gasteiger partial charge is 0.422 e. The lowest BCUT2D eigenvalue weighted by Crippen LogP contribution is -2.21. The second kappa shape index (κ2) is 5.61. The van der Waals surface area contributed by atoms with Crippen LogP contribution in [0.1, 0.15) is 5.56 Å². The number of ether oxygens (including phenoxy) is 2. The molecule has 4 nitrogen and oxygen atoms in total. The molecule has 100 valence electrons. The number of phenols is 1. The van der Waals surface area contributed by atoms with Gasteiger partial charge in [0.2, 0.25) is 0 Å². The van der Waals surface area contributed by atoms with Gasteiger partial charge in [-0.3, -0.25) is 4.79 Å². The van der Waals surface area contributed by atoms with E-state index in [0.29, 0.717) is 5.56 Å². The van der Waals surface area contributed by atoms with Crippen LogP contribution in [0.15, 0.2) is 18.2 Å². The highest BCUT2D eigenvalue weighted by Crippen LogP contribution is 2.26. The lowest BCUT2D eigenvalue weighted by atomic mass is 10.1. The molecule has 0 amide bonds. The van der Waals surface area contributed by atoms with Crippen LogP contribution in [-0.2, 0) is 16.0 Å². The summed E-state index contributed by atoms with van der Waals surface area (Å²) in [6, 6.07) is 4.03. The van der Waals surface area contributed by atoms with E-state index in [-0.39, 0.29) is 17.9 Å². The van der Waals surface area contributed by atoms with E-state index in [9.17, 15) is 23.1 Å². The van der Waals surface area contributed by atoms with Gasteiger partial charge in [0.05, 0.1) is 13.5 Å². The molecular weight excluding hydrogens is 253 g/mol. The highest BCUT2D eigenvalue weighted by atomic mass is 19.4. The first-order chi connectivity index (χ1) is 8.31. The number of methoxy groups -OCH3 is 1. The number of benzene rings is 1. The van der Waals surface area contributed by atoms with Crippen LogP contribution in [0.25, 0.3) is 0 Å². The molecule has 0 bridgehead atoms. The van der Waals surface area contributed by atoms with Gasteiger partial charge >= 0.3 is 12.1 Å². The van der Waals surface area contributed by atoms with E-state index < -0.39 is 18.8 Å². The lowest BCUT2D eigenvalue weighted by molar-refractivity contribution is -0.185. The molecule has 1 N–H and O–H groups in total. The van der Waals surface area contributed by atoms with Crippen molar-refractivity contribution in [2.45, 2.75) is 12.6 Å². The van der Waals surface area contributed by atoms with E-state index in [1.165, 1.54) is 25.3 Å². The molecule has 0 unspecified atom stereocenters. The van der Waals surface area contributed by atoms with Crippen molar-refractivity contribution < 1.29 is 32.5 Å². The van der Waals surface area contributed by atoms with Gasteiger partial charge in [-0.15, -0.1) is 0 Å². The topological polar surface area (TPSA) is 55.8 Å². The van der Waals surface area contributed by atoms with Gasteiger partial charge in [-0.25, -0.2) is 0 Å². The summed E-state index contributed by atoms with van der Waals surface area (Å²) >= 11 is 0. The largest absolute Gasteiger partial charge is 0.504 e. The molecule has 0 heterocycles. The number of halogens is 3. The Labute approximate surface area is 101 Å². The van der Waals surface area contributed by atoms with Gasteiger partial charge in [0, 0.05) is 0 Å². The van der Waals surface area contributed by atoms with E-state index in [4.69, 9.17) is 4.74 Å². The van der Waals surface area contributed by atoms with Crippen LogP contribution in [0.5, 0.6) is 11.5 Å². The van der Waals surface area contributed by atoms with Gasteiger partial charge in [-0.05, 0) is 17.7 Å². The molecule has 1 aromatic rings. The second-order valence-corrected chi connectivity index (χ2v) is 3.46. The Morgan fingerprint density at radius 1 is 1.39 bits per heavy atom. The molecule has 0 saturated carbocycles. The summed E-state index contributed by atoms with van der Waals surface area (Å²) in [5.41, 5.74) is 0.386. The third-order valence-electron chi connectivity index (χ3n) is 1.99. The lowest BCUT2D eigenvalue weighted by Gasteiger charge is -2.09. The summed E-state index contributed by atoms with van der Waals surface area (Å²) in [6.07, 6.45) is -4.87. The Morgan fingerprint density at radius 3 is 2.61 bits per heavy atom. The number of hydrogen-bond acceptors (Lipinski definition) is 4. The molecule has 0 aliphatic rings. The molecule has 18 heavy (non-hydrogen) atoms. The summed E-state index contributed by atoms with van der Waals surface area (Å²) in [6.45, 7) is -1.61. The monoisotopic (exact) mass is 264 g/mol. The van der Waals surface area contributed by atoms with Gasteiger partial charge in [0.15, 0.2) is 18.1 Å². The molecule has 0 aromatic heterocycles. The van der Waals surface area contributed by atoms with Gasteiger partial charge in [-0.2, -0.15) is 13.2 Å². The van der Waals surface area contributed by atoms with E-state index in [2.05, 4.69) is 4.74 Å². The Bertz CT molecular complexity index is 429. The minimum Gasteiger partial charge on any atom is -0.504 e. The normalized spacial score (nSPS) is 11.1. The van der Waals surface area contributed by atoms with Crippen molar-refractivity contribution in [1.82, 2.24) is 0 Å². The number of esters is 1. The maximum Gasteiger partial charge on any atom is 0.422 e. The van der Waals surface area contributed by atoms with Crippen molar-refractivity contribution in [3.63, 3.8) is 0 Å². The molecule has 7 heteroatoms. The molecule has 0 spiro atoms. The number of carbonyl (C=O) groups excluding carboxylic acids is 1. The van der Waals surface area contributed by atoms with Crippen LogP contribution in [0.2, 0.25) is 0 Å². The Kier molecular flexibility index (Phi) is 4.41.